The molecule has 2 aliphatic heterocycles. The summed E-state index contributed by atoms with van der Waals surface area (Å²) in [5.74, 6) is 0.925. The number of aromatic nitrogens is 1. The topological polar surface area (TPSA) is 50.3 Å². The molecule has 0 amide bonds. The van der Waals surface area contributed by atoms with E-state index < -0.39 is 21.7 Å². The summed E-state index contributed by atoms with van der Waals surface area (Å²) in [7, 11) is -2.88. The van der Waals surface area contributed by atoms with Gasteiger partial charge in [0.25, 0.3) is 0 Å². The molecule has 0 unspecified atom stereocenters. The summed E-state index contributed by atoms with van der Waals surface area (Å²) in [5.41, 5.74) is 0.00386. The van der Waals surface area contributed by atoms with Crippen LogP contribution in [0.4, 0.5) is 13.2 Å². The van der Waals surface area contributed by atoms with E-state index in [4.69, 9.17) is 0 Å². The Balaban J connectivity index is 1.35. The lowest BCUT2D eigenvalue weighted by Gasteiger charge is -2.45. The van der Waals surface area contributed by atoms with E-state index in [0.717, 1.165) is 69.7 Å². The lowest BCUT2D eigenvalue weighted by atomic mass is 9.76. The van der Waals surface area contributed by atoms with Crippen LogP contribution in [0.3, 0.4) is 0 Å². The van der Waals surface area contributed by atoms with E-state index in [1.165, 1.54) is 6.20 Å². The summed E-state index contributed by atoms with van der Waals surface area (Å²) >= 11 is 0. The summed E-state index contributed by atoms with van der Waals surface area (Å²) < 4.78 is 62.0. The molecule has 1 saturated carbocycles. The van der Waals surface area contributed by atoms with Crippen LogP contribution >= 0.6 is 0 Å². The molecular weight excluding hydrogens is 389 g/mol. The standard InChI is InChI=1S/C20H27F3N2O2S/c21-20(22,23)18-7-4-16(12-24-18)15-2-5-17(6-3-15)25-10-1-8-19(13-25)9-11-28(26,27)14-19/h4,7,12,15,17H,1-3,5-6,8-11,13-14H2/t15?,17?,19-/m0/s1. The summed E-state index contributed by atoms with van der Waals surface area (Å²) in [5, 5.41) is 0. The molecule has 1 spiro atoms. The first-order chi connectivity index (χ1) is 13.2. The highest BCUT2D eigenvalue weighted by molar-refractivity contribution is 7.91. The van der Waals surface area contributed by atoms with Crippen molar-refractivity contribution in [2.24, 2.45) is 5.41 Å². The minimum absolute atomic E-state index is 0.0503. The van der Waals surface area contributed by atoms with Crippen molar-refractivity contribution in [1.82, 2.24) is 9.88 Å². The zero-order valence-corrected chi connectivity index (χ0v) is 16.7. The van der Waals surface area contributed by atoms with Crippen molar-refractivity contribution in [2.45, 2.75) is 63.1 Å². The fourth-order valence-electron chi connectivity index (χ4n) is 5.45. The largest absolute Gasteiger partial charge is 0.433 e. The predicted octanol–water partition coefficient (Wildman–Crippen LogP) is 4.03. The van der Waals surface area contributed by atoms with Crippen LogP contribution in [0.5, 0.6) is 0 Å². The number of piperidine rings is 1. The van der Waals surface area contributed by atoms with E-state index >= 15 is 0 Å². The number of halogens is 3. The van der Waals surface area contributed by atoms with Crippen LogP contribution in [0, 0.1) is 5.41 Å². The zero-order chi connectivity index (χ0) is 20.0. The first kappa shape index (κ1) is 20.1. The molecule has 2 saturated heterocycles. The second-order valence-electron chi connectivity index (χ2n) is 8.90. The molecule has 1 atom stereocenters. The summed E-state index contributed by atoms with van der Waals surface area (Å²) in [6.45, 7) is 1.91. The Morgan fingerprint density at radius 3 is 2.43 bits per heavy atom. The fraction of sp³-hybridized carbons (Fsp3) is 0.750. The first-order valence-electron chi connectivity index (χ1n) is 10.1. The first-order valence-corrected chi connectivity index (χ1v) is 12.0. The van der Waals surface area contributed by atoms with Crippen molar-refractivity contribution < 1.29 is 21.6 Å². The van der Waals surface area contributed by atoms with Crippen molar-refractivity contribution in [3.8, 4) is 0 Å². The molecule has 28 heavy (non-hydrogen) atoms. The molecule has 8 heteroatoms. The zero-order valence-electron chi connectivity index (χ0n) is 15.9. The Morgan fingerprint density at radius 1 is 1.11 bits per heavy atom. The molecular formula is C20H27F3N2O2S. The van der Waals surface area contributed by atoms with Crippen LogP contribution in [-0.4, -0.2) is 48.9 Å². The van der Waals surface area contributed by atoms with Crippen LogP contribution < -0.4 is 0 Å². The Labute approximate surface area is 164 Å². The maximum absolute atomic E-state index is 12.7. The highest BCUT2D eigenvalue weighted by atomic mass is 32.2. The minimum atomic E-state index is -4.39. The summed E-state index contributed by atoms with van der Waals surface area (Å²) in [4.78, 5) is 6.10. The summed E-state index contributed by atoms with van der Waals surface area (Å²) in [6.07, 6.45) is 3.75. The van der Waals surface area contributed by atoms with Gasteiger partial charge in [-0.2, -0.15) is 13.2 Å². The van der Waals surface area contributed by atoms with Crippen molar-refractivity contribution in [3.63, 3.8) is 0 Å². The quantitative estimate of drug-likeness (QED) is 0.731. The third-order valence-corrected chi connectivity index (χ3v) is 8.80. The predicted molar refractivity (Wildman–Crippen MR) is 101 cm³/mol. The van der Waals surface area contributed by atoms with E-state index in [0.29, 0.717) is 17.5 Å². The second-order valence-corrected chi connectivity index (χ2v) is 11.1. The van der Waals surface area contributed by atoms with Crippen LogP contribution in [0.15, 0.2) is 18.3 Å². The molecule has 3 aliphatic rings. The Kier molecular flexibility index (Phi) is 5.23. The van der Waals surface area contributed by atoms with Gasteiger partial charge < -0.3 is 0 Å². The number of hydrogen-bond acceptors (Lipinski definition) is 4. The smallest absolute Gasteiger partial charge is 0.300 e. The van der Waals surface area contributed by atoms with Crippen molar-refractivity contribution >= 4 is 9.84 Å². The molecule has 4 nitrogen and oxygen atoms in total. The molecule has 156 valence electrons. The summed E-state index contributed by atoms with van der Waals surface area (Å²) in [6, 6.07) is 3.11. The van der Waals surface area contributed by atoms with E-state index in [1.54, 1.807) is 6.07 Å². The third-order valence-electron chi connectivity index (χ3n) is 6.92. The van der Waals surface area contributed by atoms with Gasteiger partial charge in [0.05, 0.1) is 11.5 Å². The Hall–Kier alpha value is -1.15. The lowest BCUT2D eigenvalue weighted by Crippen LogP contribution is -2.49. The maximum atomic E-state index is 12.7. The van der Waals surface area contributed by atoms with E-state index in [-0.39, 0.29) is 11.3 Å². The van der Waals surface area contributed by atoms with Gasteiger partial charge in [-0.15, -0.1) is 0 Å². The highest BCUT2D eigenvalue weighted by Gasteiger charge is 2.46. The van der Waals surface area contributed by atoms with Gasteiger partial charge >= 0.3 is 6.18 Å². The van der Waals surface area contributed by atoms with Crippen molar-refractivity contribution in [1.29, 1.82) is 0 Å². The molecule has 0 N–H and O–H groups in total. The third kappa shape index (κ3) is 4.22. The van der Waals surface area contributed by atoms with Gasteiger partial charge in [-0.05, 0) is 74.5 Å². The minimum Gasteiger partial charge on any atom is -0.300 e. The molecule has 1 aromatic rings. The number of likely N-dealkylation sites (tertiary alicyclic amines) is 1. The van der Waals surface area contributed by atoms with Gasteiger partial charge in [0, 0.05) is 18.8 Å². The maximum Gasteiger partial charge on any atom is 0.433 e. The molecule has 0 aromatic carbocycles. The number of nitrogens with zero attached hydrogens (tertiary/aromatic N) is 2. The van der Waals surface area contributed by atoms with E-state index in [2.05, 4.69) is 9.88 Å². The van der Waals surface area contributed by atoms with Crippen LogP contribution in [0.1, 0.15) is 62.1 Å². The molecule has 1 aromatic heterocycles. The highest BCUT2D eigenvalue weighted by Crippen LogP contribution is 2.43. The number of alkyl halides is 3. The lowest BCUT2D eigenvalue weighted by molar-refractivity contribution is -0.141. The van der Waals surface area contributed by atoms with E-state index in [1.807, 2.05) is 0 Å². The molecule has 0 bridgehead atoms. The second kappa shape index (κ2) is 7.27. The normalized spacial score (nSPS) is 34.0. The van der Waals surface area contributed by atoms with E-state index in [9.17, 15) is 21.6 Å². The van der Waals surface area contributed by atoms with Gasteiger partial charge in [0.15, 0.2) is 9.84 Å². The van der Waals surface area contributed by atoms with Crippen LogP contribution in [-0.2, 0) is 16.0 Å². The van der Waals surface area contributed by atoms with Gasteiger partial charge in [-0.25, -0.2) is 8.42 Å². The molecule has 3 fully saturated rings. The number of pyridine rings is 1. The Morgan fingerprint density at radius 2 is 1.86 bits per heavy atom. The van der Waals surface area contributed by atoms with Crippen LogP contribution in [0.25, 0.3) is 0 Å². The average Bonchev–Trinajstić information content (AvgIpc) is 2.95. The SMILES string of the molecule is O=S1(=O)CC[C@]2(CCCN(C3CCC(c4ccc(C(F)(F)F)nc4)CC3)C2)C1. The molecule has 4 rings (SSSR count). The Bertz CT molecular complexity index is 802. The van der Waals surface area contributed by atoms with Gasteiger partial charge in [-0.3, -0.25) is 9.88 Å². The van der Waals surface area contributed by atoms with Crippen molar-refractivity contribution in [2.75, 3.05) is 24.6 Å². The number of hydrogen-bond donors (Lipinski definition) is 0. The average molecular weight is 417 g/mol. The monoisotopic (exact) mass is 416 g/mol. The van der Waals surface area contributed by atoms with Crippen LogP contribution in [0.2, 0.25) is 0 Å². The van der Waals surface area contributed by atoms with Gasteiger partial charge in [0.1, 0.15) is 5.69 Å². The molecule has 0 radical (unpaired) electrons. The van der Waals surface area contributed by atoms with Gasteiger partial charge in [-0.1, -0.05) is 6.07 Å². The van der Waals surface area contributed by atoms with Crippen molar-refractivity contribution in [3.05, 3.63) is 29.6 Å². The number of sulfone groups is 1. The fourth-order valence-corrected chi connectivity index (χ4v) is 7.65. The molecule has 3 heterocycles. The number of rotatable bonds is 2. The van der Waals surface area contributed by atoms with Gasteiger partial charge in [0.2, 0.25) is 0 Å². The molecule has 1 aliphatic carbocycles.